The minimum atomic E-state index is -4.10. The molecular formula is C24H22ClN3O5S. The molecule has 10 heteroatoms. The number of rotatable bonds is 7. The molecule has 0 saturated carbocycles. The number of methoxy groups -OCH3 is 1. The molecule has 176 valence electrons. The maximum absolute atomic E-state index is 13.3. The van der Waals surface area contributed by atoms with Gasteiger partial charge >= 0.3 is 0 Å². The number of nitrogens with one attached hydrogen (secondary N) is 3. The number of halogens is 1. The third-order valence-corrected chi connectivity index (χ3v) is 7.03. The standard InChI is InChI=1S/C24H22ClN3O5S/c1-33-21-11-8-17(25)14-20(21)27-24(30)23(15-5-3-2-4-6-15)28-34(31,32)18-9-10-19-16(13-18)7-12-22(29)26-19/h2-6,8-11,13-14,23,28H,7,12H2,1H3,(H,26,29)(H,27,30)/t23-/m0/s1. The van der Waals surface area contributed by atoms with Crippen molar-refractivity contribution in [2.24, 2.45) is 0 Å². The summed E-state index contributed by atoms with van der Waals surface area (Å²) in [5.41, 5.74) is 2.06. The van der Waals surface area contributed by atoms with Gasteiger partial charge in [0.2, 0.25) is 21.8 Å². The third kappa shape index (κ3) is 5.22. The van der Waals surface area contributed by atoms with Gasteiger partial charge in [-0.25, -0.2) is 8.42 Å². The topological polar surface area (TPSA) is 114 Å². The smallest absolute Gasteiger partial charge is 0.247 e. The van der Waals surface area contributed by atoms with Crippen molar-refractivity contribution in [3.63, 3.8) is 0 Å². The van der Waals surface area contributed by atoms with Gasteiger partial charge in [-0.2, -0.15) is 4.72 Å². The predicted molar refractivity (Wildman–Crippen MR) is 130 cm³/mol. The Balaban J connectivity index is 1.65. The van der Waals surface area contributed by atoms with Crippen LogP contribution >= 0.6 is 11.6 Å². The zero-order valence-corrected chi connectivity index (χ0v) is 19.7. The lowest BCUT2D eigenvalue weighted by atomic mass is 10.0. The van der Waals surface area contributed by atoms with Gasteiger partial charge in [0.1, 0.15) is 11.8 Å². The molecule has 0 unspecified atom stereocenters. The summed E-state index contributed by atoms with van der Waals surface area (Å²) >= 11 is 6.06. The number of fused-ring (bicyclic) bond motifs is 1. The molecule has 1 aliphatic heterocycles. The van der Waals surface area contributed by atoms with Gasteiger partial charge in [-0.05, 0) is 53.9 Å². The van der Waals surface area contributed by atoms with Crippen molar-refractivity contribution in [1.82, 2.24) is 4.72 Å². The van der Waals surface area contributed by atoms with Crippen LogP contribution in [0.25, 0.3) is 0 Å². The number of ether oxygens (including phenoxy) is 1. The number of aryl methyl sites for hydroxylation is 1. The highest BCUT2D eigenvalue weighted by molar-refractivity contribution is 7.89. The summed E-state index contributed by atoms with van der Waals surface area (Å²) in [4.78, 5) is 24.9. The molecule has 1 heterocycles. The predicted octanol–water partition coefficient (Wildman–Crippen LogP) is 3.89. The second-order valence-corrected chi connectivity index (χ2v) is 9.82. The maximum atomic E-state index is 13.3. The first-order chi connectivity index (χ1) is 16.3. The molecule has 1 aliphatic rings. The van der Waals surface area contributed by atoms with Crippen LogP contribution in [0, 0.1) is 0 Å². The molecule has 0 bridgehead atoms. The van der Waals surface area contributed by atoms with Crippen LogP contribution < -0.4 is 20.1 Å². The first kappa shape index (κ1) is 23.7. The minimum absolute atomic E-state index is 0.00327. The number of hydrogen-bond acceptors (Lipinski definition) is 5. The Kier molecular flexibility index (Phi) is 6.87. The Bertz CT molecular complexity index is 1350. The Morgan fingerprint density at radius 3 is 2.56 bits per heavy atom. The second kappa shape index (κ2) is 9.84. The van der Waals surface area contributed by atoms with Gasteiger partial charge in [0.15, 0.2) is 0 Å². The lowest BCUT2D eigenvalue weighted by Gasteiger charge is -2.21. The van der Waals surface area contributed by atoms with E-state index in [0.29, 0.717) is 39.7 Å². The fourth-order valence-corrected chi connectivity index (χ4v) is 5.06. The largest absolute Gasteiger partial charge is 0.495 e. The summed E-state index contributed by atoms with van der Waals surface area (Å²) in [5.74, 6) is -0.344. The molecule has 0 radical (unpaired) electrons. The highest BCUT2D eigenvalue weighted by Crippen LogP contribution is 2.30. The van der Waals surface area contributed by atoms with E-state index in [0.717, 1.165) is 0 Å². The second-order valence-electron chi connectivity index (χ2n) is 7.67. The van der Waals surface area contributed by atoms with E-state index >= 15 is 0 Å². The van der Waals surface area contributed by atoms with E-state index in [2.05, 4.69) is 15.4 Å². The van der Waals surface area contributed by atoms with Gasteiger partial charge in [-0.1, -0.05) is 41.9 Å². The average molecular weight is 500 g/mol. The lowest BCUT2D eigenvalue weighted by molar-refractivity contribution is -0.118. The van der Waals surface area contributed by atoms with E-state index < -0.39 is 22.0 Å². The van der Waals surface area contributed by atoms with Gasteiger partial charge in [0.25, 0.3) is 0 Å². The third-order valence-electron chi connectivity index (χ3n) is 5.37. The molecule has 3 aromatic carbocycles. The van der Waals surface area contributed by atoms with Crippen molar-refractivity contribution in [3.05, 3.63) is 82.9 Å². The molecule has 8 nitrogen and oxygen atoms in total. The van der Waals surface area contributed by atoms with Gasteiger partial charge < -0.3 is 15.4 Å². The Morgan fingerprint density at radius 2 is 1.82 bits per heavy atom. The van der Waals surface area contributed by atoms with E-state index in [4.69, 9.17) is 16.3 Å². The van der Waals surface area contributed by atoms with E-state index in [-0.39, 0.29) is 17.2 Å². The summed E-state index contributed by atoms with van der Waals surface area (Å²) in [7, 11) is -2.64. The Hall–Kier alpha value is -3.40. The van der Waals surface area contributed by atoms with Gasteiger partial charge in [-0.3, -0.25) is 9.59 Å². The molecule has 0 aliphatic carbocycles. The van der Waals surface area contributed by atoms with Crippen molar-refractivity contribution in [2.45, 2.75) is 23.8 Å². The number of carbonyl (C=O) groups excluding carboxylic acids is 2. The van der Waals surface area contributed by atoms with E-state index in [9.17, 15) is 18.0 Å². The van der Waals surface area contributed by atoms with Crippen LogP contribution in [0.5, 0.6) is 5.75 Å². The summed E-state index contributed by atoms with van der Waals surface area (Å²) in [6.45, 7) is 0. The molecular weight excluding hydrogens is 478 g/mol. The van der Waals surface area contributed by atoms with Crippen molar-refractivity contribution in [2.75, 3.05) is 17.7 Å². The SMILES string of the molecule is COc1ccc(Cl)cc1NC(=O)[C@@H](NS(=O)(=O)c1ccc2c(c1)CCC(=O)N2)c1ccccc1. The molecule has 3 N–H and O–H groups in total. The minimum Gasteiger partial charge on any atom is -0.495 e. The van der Waals surface area contributed by atoms with Crippen LogP contribution in [0.4, 0.5) is 11.4 Å². The van der Waals surface area contributed by atoms with Crippen LogP contribution in [0.2, 0.25) is 5.02 Å². The molecule has 1 atom stereocenters. The summed E-state index contributed by atoms with van der Waals surface area (Å²) in [6.07, 6.45) is 0.710. The number of anilines is 2. The zero-order chi connectivity index (χ0) is 24.3. The quantitative estimate of drug-likeness (QED) is 0.456. The van der Waals surface area contributed by atoms with E-state index in [1.165, 1.54) is 25.3 Å². The van der Waals surface area contributed by atoms with Crippen LogP contribution in [0.15, 0.2) is 71.6 Å². The van der Waals surface area contributed by atoms with Gasteiger partial charge in [0, 0.05) is 17.1 Å². The average Bonchev–Trinajstić information content (AvgIpc) is 2.83. The lowest BCUT2D eigenvalue weighted by Crippen LogP contribution is -2.37. The zero-order valence-electron chi connectivity index (χ0n) is 18.2. The van der Waals surface area contributed by atoms with Crippen molar-refractivity contribution in [3.8, 4) is 5.75 Å². The highest BCUT2D eigenvalue weighted by atomic mass is 35.5. The first-order valence-electron chi connectivity index (χ1n) is 10.4. The molecule has 0 fully saturated rings. The Morgan fingerprint density at radius 1 is 1.06 bits per heavy atom. The van der Waals surface area contributed by atoms with Crippen molar-refractivity contribution < 1.29 is 22.7 Å². The number of benzene rings is 3. The molecule has 3 aromatic rings. The maximum Gasteiger partial charge on any atom is 0.247 e. The van der Waals surface area contributed by atoms with Crippen LogP contribution in [0.3, 0.4) is 0 Å². The van der Waals surface area contributed by atoms with Crippen LogP contribution in [-0.4, -0.2) is 27.3 Å². The van der Waals surface area contributed by atoms with Gasteiger partial charge in [0.05, 0.1) is 17.7 Å². The van der Waals surface area contributed by atoms with Crippen molar-refractivity contribution >= 4 is 44.8 Å². The highest BCUT2D eigenvalue weighted by Gasteiger charge is 2.29. The first-order valence-corrected chi connectivity index (χ1v) is 12.3. The molecule has 34 heavy (non-hydrogen) atoms. The molecule has 4 rings (SSSR count). The fraction of sp³-hybridized carbons (Fsp3) is 0.167. The van der Waals surface area contributed by atoms with Crippen molar-refractivity contribution in [1.29, 1.82) is 0 Å². The van der Waals surface area contributed by atoms with Crippen LogP contribution in [0.1, 0.15) is 23.6 Å². The number of sulfonamides is 1. The van der Waals surface area contributed by atoms with Crippen LogP contribution in [-0.2, 0) is 26.0 Å². The fourth-order valence-electron chi connectivity index (χ4n) is 3.65. The Labute approximate surface area is 202 Å². The number of carbonyl (C=O) groups is 2. The summed E-state index contributed by atoms with van der Waals surface area (Å²) in [6, 6.07) is 16.5. The molecule has 0 saturated heterocycles. The normalized spacial score (nSPS) is 14.0. The van der Waals surface area contributed by atoms with E-state index in [1.54, 1.807) is 48.5 Å². The monoisotopic (exact) mass is 499 g/mol. The molecule has 0 spiro atoms. The molecule has 0 aromatic heterocycles. The summed E-state index contributed by atoms with van der Waals surface area (Å²) < 4.78 is 34.3. The number of hydrogen-bond donors (Lipinski definition) is 3. The number of amides is 2. The molecule has 2 amide bonds. The van der Waals surface area contributed by atoms with Gasteiger partial charge in [-0.15, -0.1) is 0 Å². The summed E-state index contributed by atoms with van der Waals surface area (Å²) in [5, 5.41) is 5.82. The van der Waals surface area contributed by atoms with E-state index in [1.807, 2.05) is 0 Å².